The van der Waals surface area contributed by atoms with Crippen LogP contribution < -0.4 is 10.6 Å². The highest BCUT2D eigenvalue weighted by Crippen LogP contribution is 2.13. The van der Waals surface area contributed by atoms with Gasteiger partial charge in [-0.05, 0) is 60.7 Å². The summed E-state index contributed by atoms with van der Waals surface area (Å²) in [7, 11) is 0. The molecule has 4 aromatic carbocycles. The van der Waals surface area contributed by atoms with Gasteiger partial charge in [0, 0.05) is 60.4 Å². The molecular weight excluding hydrogens is 648 g/mol. The van der Waals surface area contributed by atoms with Crippen molar-refractivity contribution < 1.29 is 29.6 Å². The van der Waals surface area contributed by atoms with Gasteiger partial charge in [-0.2, -0.15) is 0 Å². The molecule has 0 atom stereocenters. The molecule has 2 aromatic heterocycles. The van der Waals surface area contributed by atoms with Gasteiger partial charge in [-0.3, -0.25) is 20.2 Å². The summed E-state index contributed by atoms with van der Waals surface area (Å²) in [6.07, 6.45) is 6.83. The number of hydrogen-bond acceptors (Lipinski definition) is 12. The number of carbonyl (C=O) groups is 2. The van der Waals surface area contributed by atoms with Crippen LogP contribution in [0.25, 0.3) is 0 Å². The second-order valence-corrected chi connectivity index (χ2v) is 9.35. The minimum atomic E-state index is -1.09. The molecule has 4 N–H and O–H groups in total. The minimum Gasteiger partial charge on any atom is -0.478 e. The van der Waals surface area contributed by atoms with Gasteiger partial charge in [-0.25, -0.2) is 29.5 Å². The Bertz CT molecular complexity index is 1650. The molecule has 0 saturated carbocycles. The van der Waals surface area contributed by atoms with Gasteiger partial charge in [-0.15, -0.1) is 0 Å². The second-order valence-electron chi connectivity index (χ2n) is 9.35. The number of hydrogen-bond donors (Lipinski definition) is 4. The number of carboxylic acid groups (broad SMARTS) is 2. The highest BCUT2D eigenvalue weighted by atomic mass is 16.6. The van der Waals surface area contributed by atoms with Crippen LogP contribution in [0.1, 0.15) is 20.7 Å². The average Bonchev–Trinajstić information content (AvgIpc) is 3.14. The van der Waals surface area contributed by atoms with Gasteiger partial charge in [0.25, 0.3) is 11.4 Å². The summed E-state index contributed by atoms with van der Waals surface area (Å²) in [6.45, 7) is 0. The Kier molecular flexibility index (Phi) is 14.6. The van der Waals surface area contributed by atoms with Crippen molar-refractivity contribution in [2.45, 2.75) is 0 Å². The number of nitro groups is 2. The molecule has 0 bridgehead atoms. The first-order valence-electron chi connectivity index (χ1n) is 14.3. The summed E-state index contributed by atoms with van der Waals surface area (Å²) in [6, 6.07) is 32.6. The van der Waals surface area contributed by atoms with Crippen molar-refractivity contribution in [3.05, 3.63) is 177 Å². The molecule has 0 unspecified atom stereocenters. The number of nitrogens with one attached hydrogen (secondary N) is 2. The molecule has 6 aromatic rings. The first kappa shape index (κ1) is 36.8. The maximum atomic E-state index is 10.3. The Morgan fingerprint density at radius 1 is 0.480 bits per heavy atom. The third kappa shape index (κ3) is 13.4. The molecular formula is C34H28N8O8. The lowest BCUT2D eigenvalue weighted by Crippen LogP contribution is -1.96. The lowest BCUT2D eigenvalue weighted by molar-refractivity contribution is -0.385. The van der Waals surface area contributed by atoms with Gasteiger partial charge in [0.2, 0.25) is 11.9 Å². The Hall–Kier alpha value is -7.62. The van der Waals surface area contributed by atoms with Gasteiger partial charge in [0.1, 0.15) is 0 Å². The Morgan fingerprint density at radius 2 is 0.780 bits per heavy atom. The first-order chi connectivity index (χ1) is 24.1. The van der Waals surface area contributed by atoms with Crippen molar-refractivity contribution in [2.24, 2.45) is 0 Å². The molecule has 6 rings (SSSR count). The number of non-ortho nitro benzene ring substituents is 2. The molecule has 2 heterocycles. The quantitative estimate of drug-likeness (QED) is 0.0935. The van der Waals surface area contributed by atoms with Crippen LogP contribution in [-0.4, -0.2) is 51.9 Å². The molecule has 0 saturated heterocycles. The van der Waals surface area contributed by atoms with Gasteiger partial charge < -0.3 is 20.8 Å². The zero-order valence-corrected chi connectivity index (χ0v) is 25.9. The number of carboxylic acids is 2. The molecule has 0 aliphatic heterocycles. The highest BCUT2D eigenvalue weighted by molar-refractivity contribution is 5.88. The van der Waals surface area contributed by atoms with Crippen LogP contribution in [-0.2, 0) is 0 Å². The average molecular weight is 677 g/mol. The highest BCUT2D eigenvalue weighted by Gasteiger charge is 2.08. The van der Waals surface area contributed by atoms with Crippen LogP contribution in [0.4, 0.5) is 34.6 Å². The number of aromatic nitrogens is 4. The fraction of sp³-hybridized carbons (Fsp3) is 0. The number of nitrogens with zero attached hydrogens (tertiary/aromatic N) is 6. The van der Waals surface area contributed by atoms with Crippen molar-refractivity contribution in [1.82, 2.24) is 19.9 Å². The van der Waals surface area contributed by atoms with Crippen LogP contribution >= 0.6 is 0 Å². The topological polar surface area (TPSA) is 236 Å². The van der Waals surface area contributed by atoms with Gasteiger partial charge >= 0.3 is 11.9 Å². The van der Waals surface area contributed by atoms with Crippen molar-refractivity contribution in [2.75, 3.05) is 10.6 Å². The summed E-state index contributed by atoms with van der Waals surface area (Å²) in [5, 5.41) is 43.3. The van der Waals surface area contributed by atoms with Gasteiger partial charge in [-0.1, -0.05) is 36.4 Å². The SMILES string of the molecule is O=C(O)c1ccc([N+](=O)[O-])cc1.O=C(O)c1ccc([N+](=O)[O-])cc1.c1ccc(Nc2ncccn2)cc1.c1ccc(Nc2ncccn2)cc1. The van der Waals surface area contributed by atoms with Crippen LogP contribution in [0.5, 0.6) is 0 Å². The van der Waals surface area contributed by atoms with E-state index in [1.165, 1.54) is 24.3 Å². The van der Waals surface area contributed by atoms with E-state index < -0.39 is 21.8 Å². The number of benzene rings is 4. The Morgan fingerprint density at radius 3 is 1.04 bits per heavy atom. The molecule has 16 nitrogen and oxygen atoms in total. The lowest BCUT2D eigenvalue weighted by Gasteiger charge is -2.02. The predicted molar refractivity (Wildman–Crippen MR) is 184 cm³/mol. The molecule has 50 heavy (non-hydrogen) atoms. The summed E-state index contributed by atoms with van der Waals surface area (Å²) in [4.78, 5) is 56.0. The van der Waals surface area contributed by atoms with Crippen LogP contribution in [0.2, 0.25) is 0 Å². The zero-order chi connectivity index (χ0) is 36.1. The van der Waals surface area contributed by atoms with Crippen molar-refractivity contribution >= 4 is 46.6 Å². The van der Waals surface area contributed by atoms with E-state index in [1.54, 1.807) is 36.9 Å². The van der Waals surface area contributed by atoms with Crippen LogP contribution in [0, 0.1) is 20.2 Å². The monoisotopic (exact) mass is 676 g/mol. The fourth-order valence-corrected chi connectivity index (χ4v) is 3.48. The van der Waals surface area contributed by atoms with E-state index in [0.29, 0.717) is 11.9 Å². The van der Waals surface area contributed by atoms with E-state index >= 15 is 0 Å². The maximum Gasteiger partial charge on any atom is 0.335 e. The fourth-order valence-electron chi connectivity index (χ4n) is 3.48. The Labute approximate surface area is 284 Å². The molecule has 0 fully saturated rings. The first-order valence-corrected chi connectivity index (χ1v) is 14.3. The van der Waals surface area contributed by atoms with Gasteiger partial charge in [0.05, 0.1) is 21.0 Å². The van der Waals surface area contributed by atoms with Crippen molar-refractivity contribution in [3.63, 3.8) is 0 Å². The number of para-hydroxylation sites is 2. The third-order valence-electron chi connectivity index (χ3n) is 5.84. The van der Waals surface area contributed by atoms with E-state index in [4.69, 9.17) is 10.2 Å². The normalized spacial score (nSPS) is 9.44. The molecule has 0 aliphatic carbocycles. The number of nitro benzene ring substituents is 2. The predicted octanol–water partition coefficient (Wildman–Crippen LogP) is 7.03. The second kappa shape index (κ2) is 19.8. The maximum absolute atomic E-state index is 10.3. The molecule has 252 valence electrons. The molecule has 0 spiro atoms. The molecule has 0 amide bonds. The summed E-state index contributed by atoms with van der Waals surface area (Å²) >= 11 is 0. The van der Waals surface area contributed by atoms with E-state index in [1.807, 2.05) is 60.7 Å². The van der Waals surface area contributed by atoms with Crippen molar-refractivity contribution in [3.8, 4) is 0 Å². The smallest absolute Gasteiger partial charge is 0.335 e. The van der Waals surface area contributed by atoms with E-state index in [9.17, 15) is 29.8 Å². The standard InChI is InChI=1S/2C10H9N3.2C7H5NO4/c2*1-2-5-9(6-3-1)13-10-11-7-4-8-12-10;2*9-7(10)5-1-3-6(4-2-5)8(11)12/h2*1-8H,(H,11,12,13);2*1-4H,(H,9,10). The van der Waals surface area contributed by atoms with Crippen LogP contribution in [0.15, 0.2) is 146 Å². The van der Waals surface area contributed by atoms with Crippen molar-refractivity contribution in [1.29, 1.82) is 0 Å². The molecule has 0 radical (unpaired) electrons. The van der Waals surface area contributed by atoms with Crippen LogP contribution in [0.3, 0.4) is 0 Å². The van der Waals surface area contributed by atoms with E-state index in [0.717, 1.165) is 35.6 Å². The van der Waals surface area contributed by atoms with Gasteiger partial charge in [0.15, 0.2) is 0 Å². The zero-order valence-electron chi connectivity index (χ0n) is 25.9. The summed E-state index contributed by atoms with van der Waals surface area (Å²) in [5.74, 6) is -0.947. The van der Waals surface area contributed by atoms with E-state index in [2.05, 4.69) is 30.6 Å². The Balaban J connectivity index is 0.000000180. The third-order valence-corrected chi connectivity index (χ3v) is 5.84. The minimum absolute atomic E-state index is 0.0422. The summed E-state index contributed by atoms with van der Waals surface area (Å²) < 4.78 is 0. The largest absolute Gasteiger partial charge is 0.478 e. The molecule has 16 heteroatoms. The van der Waals surface area contributed by atoms with E-state index in [-0.39, 0.29) is 22.5 Å². The summed E-state index contributed by atoms with van der Waals surface area (Å²) in [5.41, 5.74) is 1.85. The number of aromatic carboxylic acids is 2. The number of anilines is 4. The lowest BCUT2D eigenvalue weighted by atomic mass is 10.2. The number of rotatable bonds is 8. The molecule has 0 aliphatic rings.